The third-order valence-electron chi connectivity index (χ3n) is 1.54. The summed E-state index contributed by atoms with van der Waals surface area (Å²) in [5, 5.41) is 8.98. The quantitative estimate of drug-likeness (QED) is 0.596. The molecule has 0 saturated carbocycles. The second kappa shape index (κ2) is 3.53. The first-order valence-corrected chi connectivity index (χ1v) is 3.73. The zero-order valence-electron chi connectivity index (χ0n) is 6.49. The average Bonchev–Trinajstić information content (AvgIpc) is 1.85. The van der Waals surface area contributed by atoms with Crippen molar-refractivity contribution in [2.45, 2.75) is 32.0 Å². The molecular formula is C8H12O3. The molecule has 1 heterocycles. The summed E-state index contributed by atoms with van der Waals surface area (Å²) in [6.07, 6.45) is 3.90. The van der Waals surface area contributed by atoms with Crippen LogP contribution >= 0.6 is 0 Å². The lowest BCUT2D eigenvalue weighted by atomic mass is 10.1. The summed E-state index contributed by atoms with van der Waals surface area (Å²) in [6, 6.07) is 0. The van der Waals surface area contributed by atoms with Gasteiger partial charge in [-0.2, -0.15) is 0 Å². The summed E-state index contributed by atoms with van der Waals surface area (Å²) in [5.41, 5.74) is 0. The third-order valence-corrected chi connectivity index (χ3v) is 1.54. The van der Waals surface area contributed by atoms with Gasteiger partial charge in [0.25, 0.3) is 0 Å². The molecule has 0 aromatic carbocycles. The summed E-state index contributed by atoms with van der Waals surface area (Å²) in [4.78, 5) is 10.7. The smallest absolute Gasteiger partial charge is 0.330 e. The molecule has 3 nitrogen and oxygen atoms in total. The summed E-state index contributed by atoms with van der Waals surface area (Å²) >= 11 is 0. The average molecular weight is 156 g/mol. The number of rotatable bonds is 2. The normalized spacial score (nSPS) is 26.4. The number of hydrogen-bond donors (Lipinski definition) is 1. The van der Waals surface area contributed by atoms with Crippen LogP contribution in [0.4, 0.5) is 0 Å². The Labute approximate surface area is 65.7 Å². The van der Waals surface area contributed by atoms with E-state index in [1.807, 2.05) is 0 Å². The summed E-state index contributed by atoms with van der Waals surface area (Å²) < 4.78 is 4.91. The Morgan fingerprint density at radius 3 is 3.18 bits per heavy atom. The second-order valence-electron chi connectivity index (χ2n) is 2.78. The molecule has 0 radical (unpaired) electrons. The fraction of sp³-hybridized carbons (Fsp3) is 0.625. The molecule has 0 saturated heterocycles. The minimum Gasteiger partial charge on any atom is -0.459 e. The summed E-state index contributed by atoms with van der Waals surface area (Å²) in [7, 11) is 0. The number of cyclic esters (lactones) is 1. The Morgan fingerprint density at radius 1 is 1.91 bits per heavy atom. The molecule has 1 rings (SSSR count). The van der Waals surface area contributed by atoms with Crippen LogP contribution in [0.5, 0.6) is 0 Å². The molecular weight excluding hydrogens is 144 g/mol. The van der Waals surface area contributed by atoms with E-state index >= 15 is 0 Å². The van der Waals surface area contributed by atoms with Crippen molar-refractivity contribution < 1.29 is 14.6 Å². The topological polar surface area (TPSA) is 46.5 Å². The van der Waals surface area contributed by atoms with E-state index in [0.717, 1.165) is 6.42 Å². The molecule has 0 spiro atoms. The van der Waals surface area contributed by atoms with Crippen molar-refractivity contribution in [1.82, 2.24) is 0 Å². The number of ether oxygens (including phenoxy) is 1. The maximum absolute atomic E-state index is 10.7. The minimum atomic E-state index is -0.403. The van der Waals surface area contributed by atoms with Crippen LogP contribution in [0.25, 0.3) is 0 Å². The molecule has 11 heavy (non-hydrogen) atoms. The van der Waals surface area contributed by atoms with Crippen molar-refractivity contribution in [1.29, 1.82) is 0 Å². The van der Waals surface area contributed by atoms with Gasteiger partial charge in [-0.1, -0.05) is 6.08 Å². The Bertz CT molecular complexity index is 172. The SMILES string of the molecule is C[C@H](O)CC1CC=CC(=O)O1. The van der Waals surface area contributed by atoms with Crippen molar-refractivity contribution in [2.75, 3.05) is 0 Å². The number of aliphatic hydroxyl groups is 1. The Balaban J connectivity index is 2.37. The molecule has 0 bridgehead atoms. The van der Waals surface area contributed by atoms with Crippen LogP contribution in [0.3, 0.4) is 0 Å². The van der Waals surface area contributed by atoms with Crippen LogP contribution in [0, 0.1) is 0 Å². The second-order valence-corrected chi connectivity index (χ2v) is 2.78. The van der Waals surface area contributed by atoms with E-state index in [4.69, 9.17) is 9.84 Å². The first kappa shape index (κ1) is 8.27. The van der Waals surface area contributed by atoms with Gasteiger partial charge in [0.05, 0.1) is 6.10 Å². The van der Waals surface area contributed by atoms with Crippen molar-refractivity contribution >= 4 is 5.97 Å². The molecule has 1 aliphatic heterocycles. The maximum atomic E-state index is 10.7. The molecule has 1 N–H and O–H groups in total. The van der Waals surface area contributed by atoms with Crippen LogP contribution in [-0.2, 0) is 9.53 Å². The Hall–Kier alpha value is -0.830. The van der Waals surface area contributed by atoms with E-state index in [0.29, 0.717) is 6.42 Å². The van der Waals surface area contributed by atoms with Crippen molar-refractivity contribution in [2.24, 2.45) is 0 Å². The number of carbonyl (C=O) groups excluding carboxylic acids is 1. The van der Waals surface area contributed by atoms with Gasteiger partial charge in [-0.05, 0) is 6.92 Å². The highest BCUT2D eigenvalue weighted by Crippen LogP contribution is 2.12. The molecule has 0 aromatic heterocycles. The van der Waals surface area contributed by atoms with Crippen LogP contribution in [-0.4, -0.2) is 23.3 Å². The van der Waals surface area contributed by atoms with Crippen LogP contribution < -0.4 is 0 Å². The van der Waals surface area contributed by atoms with Gasteiger partial charge in [-0.25, -0.2) is 4.79 Å². The van der Waals surface area contributed by atoms with E-state index in [2.05, 4.69) is 0 Å². The fourth-order valence-electron chi connectivity index (χ4n) is 1.09. The number of aliphatic hydroxyl groups excluding tert-OH is 1. The van der Waals surface area contributed by atoms with Gasteiger partial charge in [0, 0.05) is 18.9 Å². The van der Waals surface area contributed by atoms with E-state index in [-0.39, 0.29) is 12.1 Å². The zero-order chi connectivity index (χ0) is 8.27. The van der Waals surface area contributed by atoms with Crippen LogP contribution in [0.1, 0.15) is 19.8 Å². The molecule has 3 heteroatoms. The molecule has 62 valence electrons. The van der Waals surface area contributed by atoms with Gasteiger partial charge in [0.1, 0.15) is 6.10 Å². The number of esters is 1. The van der Waals surface area contributed by atoms with E-state index in [1.165, 1.54) is 6.08 Å². The predicted octanol–water partition coefficient (Wildman–Crippen LogP) is 0.629. The third kappa shape index (κ3) is 2.72. The standard InChI is InChI=1S/C8H12O3/c1-6(9)5-7-3-2-4-8(10)11-7/h2,4,6-7,9H,3,5H2,1H3/t6-,7?/m0/s1. The summed E-state index contributed by atoms with van der Waals surface area (Å²) in [6.45, 7) is 1.69. The Morgan fingerprint density at radius 2 is 2.64 bits per heavy atom. The highest BCUT2D eigenvalue weighted by Gasteiger charge is 2.17. The van der Waals surface area contributed by atoms with Gasteiger partial charge in [0.15, 0.2) is 0 Å². The van der Waals surface area contributed by atoms with Gasteiger partial charge >= 0.3 is 5.97 Å². The van der Waals surface area contributed by atoms with E-state index in [9.17, 15) is 4.79 Å². The van der Waals surface area contributed by atoms with Crippen molar-refractivity contribution in [3.8, 4) is 0 Å². The van der Waals surface area contributed by atoms with Gasteiger partial charge in [0.2, 0.25) is 0 Å². The molecule has 0 aromatic rings. The van der Waals surface area contributed by atoms with Crippen molar-refractivity contribution in [3.63, 3.8) is 0 Å². The zero-order valence-corrected chi connectivity index (χ0v) is 6.49. The summed E-state index contributed by atoms with van der Waals surface area (Å²) in [5.74, 6) is -0.304. The highest BCUT2D eigenvalue weighted by molar-refractivity contribution is 5.82. The maximum Gasteiger partial charge on any atom is 0.330 e. The van der Waals surface area contributed by atoms with Crippen LogP contribution in [0.15, 0.2) is 12.2 Å². The molecule has 1 aliphatic rings. The largest absolute Gasteiger partial charge is 0.459 e. The highest BCUT2D eigenvalue weighted by atomic mass is 16.5. The number of hydrogen-bond acceptors (Lipinski definition) is 3. The van der Waals surface area contributed by atoms with Crippen LogP contribution in [0.2, 0.25) is 0 Å². The lowest BCUT2D eigenvalue weighted by Crippen LogP contribution is -2.23. The molecule has 2 atom stereocenters. The van der Waals surface area contributed by atoms with E-state index < -0.39 is 6.10 Å². The molecule has 1 unspecified atom stereocenters. The molecule has 0 fully saturated rings. The lowest BCUT2D eigenvalue weighted by molar-refractivity contribution is -0.145. The predicted molar refractivity (Wildman–Crippen MR) is 39.9 cm³/mol. The monoisotopic (exact) mass is 156 g/mol. The first-order valence-electron chi connectivity index (χ1n) is 3.73. The lowest BCUT2D eigenvalue weighted by Gasteiger charge is -2.19. The van der Waals surface area contributed by atoms with Crippen molar-refractivity contribution in [3.05, 3.63) is 12.2 Å². The van der Waals surface area contributed by atoms with Gasteiger partial charge in [-0.3, -0.25) is 0 Å². The van der Waals surface area contributed by atoms with Gasteiger partial charge < -0.3 is 9.84 Å². The molecule has 0 amide bonds. The minimum absolute atomic E-state index is 0.132. The fourth-order valence-corrected chi connectivity index (χ4v) is 1.09. The van der Waals surface area contributed by atoms with Gasteiger partial charge in [-0.15, -0.1) is 0 Å². The Kier molecular flexibility index (Phi) is 2.65. The van der Waals surface area contributed by atoms with E-state index in [1.54, 1.807) is 13.0 Å². The number of carbonyl (C=O) groups is 1. The first-order chi connectivity index (χ1) is 5.18. The molecule has 0 aliphatic carbocycles.